The number of hydrogen-bond donors (Lipinski definition) is 4. The molecule has 1 saturated carbocycles. The van der Waals surface area contributed by atoms with Crippen LogP contribution in [0.4, 0.5) is 5.69 Å². The number of rotatable bonds is 12. The molecule has 0 spiro atoms. The summed E-state index contributed by atoms with van der Waals surface area (Å²) in [6.45, 7) is 8.90. The monoisotopic (exact) mass is 631 g/mol. The average Bonchev–Trinajstić information content (AvgIpc) is 3.41. The molecule has 10 nitrogen and oxygen atoms in total. The summed E-state index contributed by atoms with van der Waals surface area (Å²) in [5, 5.41) is 2.59. The van der Waals surface area contributed by atoms with Crippen molar-refractivity contribution >= 4 is 31.8 Å². The summed E-state index contributed by atoms with van der Waals surface area (Å²) in [5.74, 6) is -0.0659. The molecule has 1 heterocycles. The van der Waals surface area contributed by atoms with Crippen LogP contribution in [0.5, 0.6) is 0 Å². The Bertz CT molecular complexity index is 1650. The van der Waals surface area contributed by atoms with Gasteiger partial charge in [0, 0.05) is 35.7 Å². The Morgan fingerprint density at radius 2 is 1.74 bits per heavy atom. The third kappa shape index (κ3) is 6.73. The van der Waals surface area contributed by atoms with Crippen LogP contribution < -0.4 is 16.0 Å². The van der Waals surface area contributed by atoms with Gasteiger partial charge in [0.1, 0.15) is 0 Å². The Hall–Kier alpha value is -3.03. The number of carbonyl (C=O) groups excluding carboxylic acids is 1. The van der Waals surface area contributed by atoms with E-state index in [4.69, 9.17) is 5.73 Å². The van der Waals surface area contributed by atoms with E-state index < -0.39 is 25.7 Å². The highest BCUT2D eigenvalue weighted by Gasteiger charge is 2.52. The van der Waals surface area contributed by atoms with E-state index in [0.717, 1.165) is 41.8 Å². The van der Waals surface area contributed by atoms with Crippen LogP contribution in [0.25, 0.3) is 0 Å². The third-order valence-corrected chi connectivity index (χ3v) is 10.5. The van der Waals surface area contributed by atoms with Gasteiger partial charge in [-0.1, -0.05) is 70.1 Å². The zero-order valence-electron chi connectivity index (χ0n) is 24.9. The number of hydrogen-bond acceptors (Lipinski definition) is 7. The van der Waals surface area contributed by atoms with Crippen molar-refractivity contribution in [2.24, 2.45) is 23.0 Å². The van der Waals surface area contributed by atoms with Crippen LogP contribution in [0.15, 0.2) is 81.8 Å². The molecule has 1 aromatic rings. The minimum absolute atomic E-state index is 0.0455. The Balaban J connectivity index is 1.53. The van der Waals surface area contributed by atoms with Gasteiger partial charge in [-0.15, -0.1) is 0 Å². The Morgan fingerprint density at radius 3 is 2.40 bits per heavy atom. The summed E-state index contributed by atoms with van der Waals surface area (Å²) < 4.78 is 66.1. The molecule has 2 unspecified atom stereocenters. The van der Waals surface area contributed by atoms with E-state index >= 15 is 0 Å². The van der Waals surface area contributed by atoms with E-state index in [9.17, 15) is 30.7 Å². The second-order valence-electron chi connectivity index (χ2n) is 12.3. The lowest BCUT2D eigenvalue weighted by atomic mass is 9.53. The molecule has 0 radical (unpaired) electrons. The van der Waals surface area contributed by atoms with Gasteiger partial charge in [0.25, 0.3) is 20.2 Å². The Labute approximate surface area is 254 Å². The number of fused-ring (bicyclic) bond motifs is 2. The summed E-state index contributed by atoms with van der Waals surface area (Å²) in [6, 6.07) is 4.65. The molecule has 4 rings (SSSR count). The predicted octanol–water partition coefficient (Wildman–Crippen LogP) is 4.60. The number of nitrogens with one attached hydrogen (secondary N) is 1. The van der Waals surface area contributed by atoms with Crippen molar-refractivity contribution in [2.45, 2.75) is 63.7 Å². The molecule has 1 aromatic carbocycles. The number of benzene rings is 1. The van der Waals surface area contributed by atoms with Gasteiger partial charge in [0.2, 0.25) is 5.91 Å². The summed E-state index contributed by atoms with van der Waals surface area (Å²) in [4.78, 5) is 13.7. The number of carbonyl (C=O) groups is 1. The largest absolute Gasteiger partial charge is 0.344 e. The first kappa shape index (κ1) is 32.9. The molecule has 0 saturated heterocycles. The number of anilines is 1. The lowest BCUT2D eigenvalue weighted by Crippen LogP contribution is -2.43. The maximum Gasteiger partial charge on any atom is 0.294 e. The van der Waals surface area contributed by atoms with E-state index in [1.165, 1.54) is 12.1 Å². The molecule has 3 aliphatic rings. The molecule has 43 heavy (non-hydrogen) atoms. The molecule has 5 N–H and O–H groups in total. The number of unbranched alkanes of at least 4 members (excludes halogenated alkanes) is 2. The van der Waals surface area contributed by atoms with Gasteiger partial charge in [0.15, 0.2) is 0 Å². The molecule has 2 atom stereocenters. The summed E-state index contributed by atoms with van der Waals surface area (Å²) in [6.07, 6.45) is 15.7. The van der Waals surface area contributed by atoms with E-state index in [1.807, 2.05) is 44.2 Å². The van der Waals surface area contributed by atoms with Crippen LogP contribution in [0.3, 0.4) is 0 Å². The van der Waals surface area contributed by atoms with Gasteiger partial charge in [-0.3, -0.25) is 13.9 Å². The molecule has 12 heteroatoms. The van der Waals surface area contributed by atoms with Gasteiger partial charge in [0.05, 0.1) is 16.5 Å². The zero-order valence-corrected chi connectivity index (χ0v) is 26.6. The Kier molecular flexibility index (Phi) is 9.30. The van der Waals surface area contributed by atoms with E-state index in [2.05, 4.69) is 24.1 Å². The van der Waals surface area contributed by atoms with Gasteiger partial charge in [-0.25, -0.2) is 0 Å². The summed E-state index contributed by atoms with van der Waals surface area (Å²) in [5.41, 5.74) is 8.18. The second kappa shape index (κ2) is 12.2. The first-order valence-electron chi connectivity index (χ1n) is 14.3. The van der Waals surface area contributed by atoms with Gasteiger partial charge in [-0.05, 0) is 60.1 Å². The van der Waals surface area contributed by atoms with Crippen LogP contribution in [0.1, 0.15) is 58.9 Å². The molecule has 0 aromatic heterocycles. The Morgan fingerprint density at radius 1 is 1.02 bits per heavy atom. The van der Waals surface area contributed by atoms with E-state index in [1.54, 1.807) is 18.2 Å². The maximum absolute atomic E-state index is 11.9. The van der Waals surface area contributed by atoms with E-state index in [-0.39, 0.29) is 39.6 Å². The van der Waals surface area contributed by atoms with Crippen molar-refractivity contribution in [3.63, 3.8) is 0 Å². The minimum atomic E-state index is -4.37. The highest BCUT2D eigenvalue weighted by atomic mass is 32.2. The standard InChI is InChI=1S/C31H41N3O7S2/c1-30(2)24(23-17-22(19-25(23)30)43(39,40)41)11-7-5-8-12-28-31(3,4)26-18-21(42(36,37)38)14-15-27(26)34(28)16-10-6-9-13-29(35)33-20-32/h5,7-8,11-12,14-15,17-19,23-24H,6,9-10,13,16,20,32H2,1-4H3,(H,33,35)(H,36,37,38)(H,39,40,41)/b8-5+,11-7+,28-12+. The van der Waals surface area contributed by atoms with Crippen LogP contribution in [-0.2, 0) is 30.4 Å². The highest BCUT2D eigenvalue weighted by Crippen LogP contribution is 2.59. The highest BCUT2D eigenvalue weighted by molar-refractivity contribution is 7.90. The average molecular weight is 632 g/mol. The molecule has 2 aliphatic carbocycles. The smallest absolute Gasteiger partial charge is 0.294 e. The molecule has 1 aliphatic heterocycles. The molecule has 234 valence electrons. The van der Waals surface area contributed by atoms with Gasteiger partial charge in [-0.2, -0.15) is 16.8 Å². The minimum Gasteiger partial charge on any atom is -0.344 e. The van der Waals surface area contributed by atoms with Crippen molar-refractivity contribution in [1.82, 2.24) is 5.32 Å². The predicted molar refractivity (Wildman–Crippen MR) is 167 cm³/mol. The van der Waals surface area contributed by atoms with Crippen molar-refractivity contribution < 1.29 is 30.7 Å². The fraction of sp³-hybridized carbons (Fsp3) is 0.452. The van der Waals surface area contributed by atoms with Gasteiger partial charge >= 0.3 is 0 Å². The van der Waals surface area contributed by atoms with Crippen molar-refractivity contribution in [1.29, 1.82) is 0 Å². The number of nitrogens with zero attached hydrogens (tertiary/aromatic N) is 1. The fourth-order valence-corrected chi connectivity index (χ4v) is 7.53. The van der Waals surface area contributed by atoms with Crippen LogP contribution in [0, 0.1) is 17.3 Å². The molecule has 1 fully saturated rings. The normalized spacial score (nSPS) is 23.3. The molecular formula is C31H41N3O7S2. The van der Waals surface area contributed by atoms with Crippen LogP contribution in [-0.4, -0.2) is 45.1 Å². The van der Waals surface area contributed by atoms with Crippen LogP contribution >= 0.6 is 0 Å². The number of amides is 1. The van der Waals surface area contributed by atoms with Crippen molar-refractivity contribution in [2.75, 3.05) is 18.1 Å². The lowest BCUT2D eigenvalue weighted by Gasteiger charge is -2.50. The summed E-state index contributed by atoms with van der Waals surface area (Å²) in [7, 11) is -8.61. The fourth-order valence-electron chi connectivity index (χ4n) is 6.43. The first-order chi connectivity index (χ1) is 20.0. The number of nitrogens with two attached hydrogens (primary N) is 1. The van der Waals surface area contributed by atoms with Crippen molar-refractivity contribution in [3.05, 3.63) is 82.5 Å². The number of allylic oxidation sites excluding steroid dienone is 9. The van der Waals surface area contributed by atoms with E-state index in [0.29, 0.717) is 13.0 Å². The van der Waals surface area contributed by atoms with Gasteiger partial charge < -0.3 is 16.0 Å². The third-order valence-electron chi connectivity index (χ3n) is 8.80. The topological polar surface area (TPSA) is 167 Å². The zero-order chi connectivity index (χ0) is 31.8. The lowest BCUT2D eigenvalue weighted by molar-refractivity contribution is -0.121. The second-order valence-corrected chi connectivity index (χ2v) is 15.1. The van der Waals surface area contributed by atoms with Crippen LogP contribution in [0.2, 0.25) is 0 Å². The first-order valence-corrected chi connectivity index (χ1v) is 17.2. The molecule has 1 amide bonds. The quantitative estimate of drug-likeness (QED) is 0.112. The SMILES string of the molecule is CC1(C)\C(=C/C=C/C=C/C2C3C=C(S(=O)(=O)O)C=C3C2(C)C)N(CCCCCC(=O)NCN)c2ccc(S(=O)(=O)O)cc21. The maximum atomic E-state index is 11.9. The van der Waals surface area contributed by atoms with Crippen molar-refractivity contribution in [3.8, 4) is 0 Å². The molecule has 0 bridgehead atoms. The summed E-state index contributed by atoms with van der Waals surface area (Å²) >= 11 is 0. The molecular weight excluding hydrogens is 590 g/mol.